The maximum Gasteiger partial charge on any atom is 0.0540 e. The molecule has 9 aromatic carbocycles. The average Bonchev–Trinajstić information content (AvgIpc) is 3.93. The number of hydrogen-bond acceptors (Lipinski definition) is 1. The summed E-state index contributed by atoms with van der Waals surface area (Å²) >= 11 is 0. The van der Waals surface area contributed by atoms with Crippen molar-refractivity contribution in [1.82, 2.24) is 0 Å². The molecule has 0 amide bonds. The molecule has 1 saturated carbocycles. The lowest BCUT2D eigenvalue weighted by atomic mass is 9.76. The van der Waals surface area contributed by atoms with Crippen molar-refractivity contribution in [2.75, 3.05) is 4.90 Å². The van der Waals surface area contributed by atoms with Crippen LogP contribution in [0.5, 0.6) is 0 Å². The van der Waals surface area contributed by atoms with Crippen LogP contribution in [0.3, 0.4) is 0 Å². The number of rotatable bonds is 8. The van der Waals surface area contributed by atoms with Crippen molar-refractivity contribution >= 4 is 17.1 Å². The molecule has 9 aromatic rings. The minimum atomic E-state index is 0.0436. The van der Waals surface area contributed by atoms with Gasteiger partial charge in [0.1, 0.15) is 0 Å². The van der Waals surface area contributed by atoms with E-state index in [1.165, 1.54) is 109 Å². The van der Waals surface area contributed by atoms with Crippen LogP contribution in [0.25, 0.3) is 66.8 Å². The van der Waals surface area contributed by atoms with Crippen molar-refractivity contribution in [3.63, 3.8) is 0 Å². The quantitative estimate of drug-likeness (QED) is 0.149. The Hall–Kier alpha value is -7.22. The largest absolute Gasteiger partial charge is 0.310 e. The van der Waals surface area contributed by atoms with Crippen molar-refractivity contribution in [2.45, 2.75) is 31.1 Å². The Balaban J connectivity index is 1.17. The molecule has 0 unspecified atom stereocenters. The van der Waals surface area contributed by atoms with Gasteiger partial charge in [-0.15, -0.1) is 0 Å². The molecule has 0 saturated heterocycles. The van der Waals surface area contributed by atoms with Gasteiger partial charge < -0.3 is 4.90 Å². The Morgan fingerprint density at radius 1 is 0.283 bits per heavy atom. The Morgan fingerprint density at radius 3 is 1.35 bits per heavy atom. The first-order valence-electron chi connectivity index (χ1n) is 21.4. The molecule has 1 spiro atoms. The summed E-state index contributed by atoms with van der Waals surface area (Å²) in [7, 11) is 0. The van der Waals surface area contributed by atoms with Crippen molar-refractivity contribution in [1.29, 1.82) is 0 Å². The lowest BCUT2D eigenvalue weighted by Gasteiger charge is -2.32. The third kappa shape index (κ3) is 6.17. The van der Waals surface area contributed by atoms with Gasteiger partial charge in [-0.05, 0) is 122 Å². The molecule has 1 nitrogen and oxygen atoms in total. The summed E-state index contributed by atoms with van der Waals surface area (Å²) in [6.45, 7) is 0. The summed E-state index contributed by atoms with van der Waals surface area (Å²) in [6, 6.07) is 82.9. The van der Waals surface area contributed by atoms with E-state index in [0.717, 1.165) is 11.4 Å². The normalized spacial score (nSPS) is 13.5. The van der Waals surface area contributed by atoms with E-state index < -0.39 is 0 Å². The van der Waals surface area contributed by atoms with E-state index in [1.54, 1.807) is 0 Å². The Bertz CT molecular complexity index is 2920. The molecule has 2 aliphatic carbocycles. The number of anilines is 3. The highest BCUT2D eigenvalue weighted by atomic mass is 15.1. The van der Waals surface area contributed by atoms with Gasteiger partial charge in [0.25, 0.3) is 0 Å². The smallest absolute Gasteiger partial charge is 0.0540 e. The number of para-hydroxylation sites is 1. The lowest BCUT2D eigenvalue weighted by Crippen LogP contribution is -2.21. The zero-order chi connectivity index (χ0) is 39.9. The summed E-state index contributed by atoms with van der Waals surface area (Å²) in [5.41, 5.74) is 21.3. The summed E-state index contributed by atoms with van der Waals surface area (Å²) in [5, 5.41) is 0. The van der Waals surface area contributed by atoms with Crippen LogP contribution in [0, 0.1) is 0 Å². The summed E-state index contributed by atoms with van der Waals surface area (Å²) in [6.07, 6.45) is 4.89. The average molecular weight is 768 g/mol. The van der Waals surface area contributed by atoms with Crippen LogP contribution in [-0.2, 0) is 5.41 Å². The first-order chi connectivity index (χ1) is 29.7. The van der Waals surface area contributed by atoms with Gasteiger partial charge in [-0.25, -0.2) is 0 Å². The van der Waals surface area contributed by atoms with E-state index >= 15 is 0 Å². The van der Waals surface area contributed by atoms with E-state index in [2.05, 4.69) is 229 Å². The number of hydrogen-bond donors (Lipinski definition) is 0. The van der Waals surface area contributed by atoms with Crippen molar-refractivity contribution in [3.8, 4) is 66.8 Å². The van der Waals surface area contributed by atoms with Crippen LogP contribution >= 0.6 is 0 Å². The maximum absolute atomic E-state index is 2.55. The second-order valence-corrected chi connectivity index (χ2v) is 16.4. The van der Waals surface area contributed by atoms with Crippen LogP contribution in [0.2, 0.25) is 0 Å². The molecule has 0 heterocycles. The van der Waals surface area contributed by atoms with Gasteiger partial charge in [-0.3, -0.25) is 0 Å². The van der Waals surface area contributed by atoms with E-state index in [0.29, 0.717) is 0 Å². The first kappa shape index (κ1) is 35.9. The topological polar surface area (TPSA) is 3.24 Å². The highest BCUT2D eigenvalue weighted by molar-refractivity contribution is 5.98. The zero-order valence-electron chi connectivity index (χ0n) is 33.6. The molecule has 0 atom stereocenters. The summed E-state index contributed by atoms with van der Waals surface area (Å²) in [4.78, 5) is 2.54. The van der Waals surface area contributed by atoms with Crippen LogP contribution in [0.1, 0.15) is 36.8 Å². The van der Waals surface area contributed by atoms with E-state index in [4.69, 9.17) is 0 Å². The van der Waals surface area contributed by atoms with Gasteiger partial charge in [0.15, 0.2) is 0 Å². The second kappa shape index (κ2) is 15.2. The second-order valence-electron chi connectivity index (χ2n) is 16.4. The molecule has 0 N–H and O–H groups in total. The van der Waals surface area contributed by atoms with Gasteiger partial charge in [0, 0.05) is 22.4 Å². The SMILES string of the molecule is c1ccc(-c2cc(-c3ccccc3)cc(N(c3ccc4c(c3)C3(CCCC3)c3ccccc3-4)c3ccccc3-c3ccccc3-c3ccccc3-c3ccccc3)c2)cc1. The number of benzene rings is 9. The summed E-state index contributed by atoms with van der Waals surface area (Å²) < 4.78 is 0. The fourth-order valence-corrected chi connectivity index (χ4v) is 10.3. The first-order valence-corrected chi connectivity index (χ1v) is 21.4. The molecule has 0 aromatic heterocycles. The minimum Gasteiger partial charge on any atom is -0.310 e. The third-order valence-electron chi connectivity index (χ3n) is 13.0. The van der Waals surface area contributed by atoms with E-state index in [1.807, 2.05) is 0 Å². The van der Waals surface area contributed by atoms with Crippen LogP contribution in [0.4, 0.5) is 17.1 Å². The molecule has 0 radical (unpaired) electrons. The molecular weight excluding hydrogens is 723 g/mol. The Morgan fingerprint density at radius 2 is 0.733 bits per heavy atom. The monoisotopic (exact) mass is 767 g/mol. The van der Waals surface area contributed by atoms with Gasteiger partial charge in [0.05, 0.1) is 5.69 Å². The number of nitrogens with zero attached hydrogens (tertiary/aromatic N) is 1. The van der Waals surface area contributed by atoms with E-state index in [-0.39, 0.29) is 5.41 Å². The fourth-order valence-electron chi connectivity index (χ4n) is 10.3. The highest BCUT2D eigenvalue weighted by Gasteiger charge is 2.45. The maximum atomic E-state index is 2.55. The van der Waals surface area contributed by atoms with Crippen LogP contribution in [0.15, 0.2) is 224 Å². The zero-order valence-corrected chi connectivity index (χ0v) is 33.6. The van der Waals surface area contributed by atoms with Crippen LogP contribution < -0.4 is 4.90 Å². The molecule has 11 rings (SSSR count). The Labute approximate surface area is 353 Å². The molecule has 1 heteroatoms. The predicted molar refractivity (Wildman–Crippen MR) is 253 cm³/mol. The molecule has 60 heavy (non-hydrogen) atoms. The minimum absolute atomic E-state index is 0.0436. The molecule has 286 valence electrons. The van der Waals surface area contributed by atoms with Gasteiger partial charge in [0.2, 0.25) is 0 Å². The Kier molecular flexibility index (Phi) is 9.09. The van der Waals surface area contributed by atoms with Crippen LogP contribution in [-0.4, -0.2) is 0 Å². The highest BCUT2D eigenvalue weighted by Crippen LogP contribution is 2.58. The lowest BCUT2D eigenvalue weighted by molar-refractivity contribution is 0.550. The van der Waals surface area contributed by atoms with Crippen molar-refractivity contribution in [2.24, 2.45) is 0 Å². The standard InChI is InChI=1S/C59H45N/c1-4-20-42(21-5-1)45-38-46(43-22-6-2-7-23-43)40-48(39-45)60(47-34-35-54-53-30-14-16-32-56(53)59(57(54)41-47)36-18-19-37-59)58-33-17-15-31-55(58)52-29-13-12-28-51(52)50-27-11-10-26-49(50)44-24-8-3-9-25-44/h1-17,20-35,38-41H,18-19,36-37H2. The molecular formula is C59H45N. The fraction of sp³-hybridized carbons (Fsp3) is 0.0847. The van der Waals surface area contributed by atoms with Gasteiger partial charge in [-0.2, -0.15) is 0 Å². The van der Waals surface area contributed by atoms with Gasteiger partial charge in [-0.1, -0.05) is 201 Å². The molecule has 1 fully saturated rings. The number of fused-ring (bicyclic) bond motifs is 5. The third-order valence-corrected chi connectivity index (χ3v) is 13.0. The van der Waals surface area contributed by atoms with E-state index in [9.17, 15) is 0 Å². The van der Waals surface area contributed by atoms with Crippen molar-refractivity contribution in [3.05, 3.63) is 236 Å². The summed E-state index contributed by atoms with van der Waals surface area (Å²) in [5.74, 6) is 0. The van der Waals surface area contributed by atoms with Gasteiger partial charge >= 0.3 is 0 Å². The predicted octanol–water partition coefficient (Wildman–Crippen LogP) is 16.3. The van der Waals surface area contributed by atoms with Crippen molar-refractivity contribution < 1.29 is 0 Å². The molecule has 2 aliphatic rings. The molecule has 0 aliphatic heterocycles. The molecule has 0 bridgehead atoms.